The zero-order valence-electron chi connectivity index (χ0n) is 14.2. The van der Waals surface area contributed by atoms with Gasteiger partial charge < -0.3 is 9.47 Å². The van der Waals surface area contributed by atoms with Gasteiger partial charge in [0.1, 0.15) is 28.7 Å². The molecule has 0 radical (unpaired) electrons. The number of rotatable bonds is 8. The van der Waals surface area contributed by atoms with Gasteiger partial charge >= 0.3 is 0 Å². The largest absolute Gasteiger partial charge is 0.484 e. The van der Waals surface area contributed by atoms with Crippen molar-refractivity contribution in [2.75, 3.05) is 25.1 Å². The number of alkyl halides is 3. The van der Waals surface area contributed by atoms with E-state index < -0.39 is 28.8 Å². The number of hydrogen-bond acceptors (Lipinski definition) is 8. The minimum absolute atomic E-state index is 0.0489. The second-order valence-electron chi connectivity index (χ2n) is 5.20. The molecule has 3 heterocycles. The predicted octanol–water partition coefficient (Wildman–Crippen LogP) is 3.18. The first kappa shape index (κ1) is 20.1. The summed E-state index contributed by atoms with van der Waals surface area (Å²) in [6.07, 6.45) is -1.62. The number of methoxy groups -OCH3 is 1. The Hall–Kier alpha value is -2.67. The summed E-state index contributed by atoms with van der Waals surface area (Å²) in [6, 6.07) is 2.33. The zero-order valence-corrected chi connectivity index (χ0v) is 15.9. The molecule has 3 aromatic heterocycles. The van der Waals surface area contributed by atoms with Crippen LogP contribution in [0.15, 0.2) is 28.6 Å². The first-order chi connectivity index (χ1) is 13.4. The van der Waals surface area contributed by atoms with Crippen LogP contribution in [0.4, 0.5) is 19.1 Å². The Kier molecular flexibility index (Phi) is 5.84. The highest BCUT2D eigenvalue weighted by atomic mass is 32.2. The first-order valence-corrected chi connectivity index (χ1v) is 10.0. The van der Waals surface area contributed by atoms with Crippen LogP contribution in [0.25, 0.3) is 10.2 Å². The van der Waals surface area contributed by atoms with Gasteiger partial charge in [-0.05, 0) is 12.1 Å². The SMILES string of the molecule is COc1nc(NS(=O)(=O)c2csc3nc(C(F)F)ccc23)ncc1OCCF. The van der Waals surface area contributed by atoms with E-state index in [2.05, 4.69) is 19.7 Å². The monoisotopic (exact) mass is 434 g/mol. The number of halogens is 3. The predicted molar refractivity (Wildman–Crippen MR) is 95.4 cm³/mol. The van der Waals surface area contributed by atoms with E-state index in [0.29, 0.717) is 0 Å². The topological polar surface area (TPSA) is 103 Å². The van der Waals surface area contributed by atoms with Gasteiger partial charge in [0, 0.05) is 10.8 Å². The third-order valence-electron chi connectivity index (χ3n) is 3.41. The van der Waals surface area contributed by atoms with Gasteiger partial charge in [-0.25, -0.2) is 36.3 Å². The molecule has 0 fully saturated rings. The highest BCUT2D eigenvalue weighted by Gasteiger charge is 2.23. The second kappa shape index (κ2) is 8.14. The molecule has 0 bridgehead atoms. The van der Waals surface area contributed by atoms with Crippen molar-refractivity contribution in [3.63, 3.8) is 0 Å². The van der Waals surface area contributed by atoms with Crippen molar-refractivity contribution in [3.8, 4) is 11.6 Å². The molecule has 3 aromatic rings. The molecule has 1 N–H and O–H groups in total. The molecule has 0 aliphatic carbocycles. The van der Waals surface area contributed by atoms with Crippen LogP contribution < -0.4 is 14.2 Å². The van der Waals surface area contributed by atoms with Crippen molar-refractivity contribution in [2.45, 2.75) is 11.3 Å². The summed E-state index contributed by atoms with van der Waals surface area (Å²) >= 11 is 0.918. The van der Waals surface area contributed by atoms with Crippen molar-refractivity contribution in [3.05, 3.63) is 29.4 Å². The summed E-state index contributed by atoms with van der Waals surface area (Å²) in [6.45, 7) is -0.969. The van der Waals surface area contributed by atoms with Gasteiger partial charge in [-0.1, -0.05) is 0 Å². The molecule has 8 nitrogen and oxygen atoms in total. The van der Waals surface area contributed by atoms with Gasteiger partial charge in [0.15, 0.2) is 5.75 Å². The third-order valence-corrected chi connectivity index (χ3v) is 5.82. The lowest BCUT2D eigenvalue weighted by Crippen LogP contribution is -2.15. The van der Waals surface area contributed by atoms with Gasteiger partial charge in [-0.15, -0.1) is 11.3 Å². The van der Waals surface area contributed by atoms with E-state index in [1.54, 1.807) is 0 Å². The van der Waals surface area contributed by atoms with Gasteiger partial charge in [0.05, 0.1) is 13.3 Å². The third kappa shape index (κ3) is 4.09. The Morgan fingerprint density at radius 3 is 2.75 bits per heavy atom. The lowest BCUT2D eigenvalue weighted by molar-refractivity contribution is 0.146. The van der Waals surface area contributed by atoms with Crippen molar-refractivity contribution < 1.29 is 31.1 Å². The molecule has 0 amide bonds. The average molecular weight is 434 g/mol. The fourth-order valence-electron chi connectivity index (χ4n) is 2.21. The number of nitrogens with one attached hydrogen (secondary N) is 1. The normalized spacial score (nSPS) is 11.8. The van der Waals surface area contributed by atoms with E-state index in [0.717, 1.165) is 23.6 Å². The summed E-state index contributed by atoms with van der Waals surface area (Å²) < 4.78 is 75.3. The molecule has 150 valence electrons. The fraction of sp³-hybridized carbons (Fsp3) is 0.267. The molecular formula is C15H13F3N4O4S2. The van der Waals surface area contributed by atoms with E-state index in [1.807, 2.05) is 0 Å². The minimum atomic E-state index is -4.13. The van der Waals surface area contributed by atoms with Crippen LogP contribution in [-0.2, 0) is 10.0 Å². The quantitative estimate of drug-likeness (QED) is 0.581. The number of thiophene rings is 1. The Bertz CT molecular complexity index is 1090. The molecule has 3 rings (SSSR count). The summed E-state index contributed by atoms with van der Waals surface area (Å²) in [5.41, 5.74) is -0.441. The van der Waals surface area contributed by atoms with Crippen LogP contribution in [0.1, 0.15) is 12.1 Å². The van der Waals surface area contributed by atoms with Crippen molar-refractivity contribution in [1.29, 1.82) is 0 Å². The van der Waals surface area contributed by atoms with Crippen molar-refractivity contribution in [1.82, 2.24) is 15.0 Å². The zero-order chi connectivity index (χ0) is 20.3. The molecule has 0 spiro atoms. The molecule has 0 aromatic carbocycles. The van der Waals surface area contributed by atoms with Crippen molar-refractivity contribution in [2.24, 2.45) is 0 Å². The lowest BCUT2D eigenvalue weighted by Gasteiger charge is -2.10. The number of pyridine rings is 1. The lowest BCUT2D eigenvalue weighted by atomic mass is 10.3. The first-order valence-electron chi connectivity index (χ1n) is 7.64. The molecule has 0 unspecified atom stereocenters. The smallest absolute Gasteiger partial charge is 0.280 e. The summed E-state index contributed by atoms with van der Waals surface area (Å²) in [5, 5.41) is 1.47. The van der Waals surface area contributed by atoms with Crippen LogP contribution in [0.3, 0.4) is 0 Å². The summed E-state index contributed by atoms with van der Waals surface area (Å²) in [7, 11) is -2.85. The highest BCUT2D eigenvalue weighted by Crippen LogP contribution is 2.32. The van der Waals surface area contributed by atoms with Crippen LogP contribution in [0.5, 0.6) is 11.6 Å². The standard InChI is InChI=1S/C15H13F3N4O4S2/c1-25-13-10(26-5-4-16)6-19-15(21-13)22-28(23,24)11-7-27-14-8(11)2-3-9(20-14)12(17)18/h2-3,6-7,12H,4-5H2,1H3,(H,19,21,22). The van der Waals surface area contributed by atoms with E-state index in [-0.39, 0.29) is 39.3 Å². The molecule has 0 saturated carbocycles. The Balaban J connectivity index is 1.91. The molecule has 13 heteroatoms. The van der Waals surface area contributed by atoms with Crippen LogP contribution in [0.2, 0.25) is 0 Å². The maximum absolute atomic E-state index is 12.8. The van der Waals surface area contributed by atoms with Crippen LogP contribution in [0, 0.1) is 0 Å². The number of nitrogens with zero attached hydrogens (tertiary/aromatic N) is 3. The average Bonchev–Trinajstić information content (AvgIpc) is 3.10. The van der Waals surface area contributed by atoms with Gasteiger partial charge in [0.25, 0.3) is 22.3 Å². The molecule has 0 aliphatic heterocycles. The van der Waals surface area contributed by atoms with Gasteiger partial charge in [-0.2, -0.15) is 4.98 Å². The van der Waals surface area contributed by atoms with Gasteiger partial charge in [-0.3, -0.25) is 0 Å². The molecular weight excluding hydrogens is 421 g/mol. The van der Waals surface area contributed by atoms with Crippen LogP contribution in [-0.4, -0.2) is 43.8 Å². The number of aromatic nitrogens is 3. The molecule has 0 aliphatic rings. The maximum atomic E-state index is 12.8. The number of ether oxygens (including phenoxy) is 2. The van der Waals surface area contributed by atoms with E-state index in [1.165, 1.54) is 18.6 Å². The van der Waals surface area contributed by atoms with E-state index >= 15 is 0 Å². The highest BCUT2D eigenvalue weighted by molar-refractivity contribution is 7.93. The van der Waals surface area contributed by atoms with E-state index in [4.69, 9.17) is 9.47 Å². The number of hydrogen-bond donors (Lipinski definition) is 1. The number of anilines is 1. The maximum Gasteiger partial charge on any atom is 0.280 e. The molecule has 28 heavy (non-hydrogen) atoms. The summed E-state index contributed by atoms with van der Waals surface area (Å²) in [4.78, 5) is 11.5. The van der Waals surface area contributed by atoms with E-state index in [9.17, 15) is 21.6 Å². The Labute approximate surface area is 161 Å². The Morgan fingerprint density at radius 1 is 1.29 bits per heavy atom. The fourth-order valence-corrected chi connectivity index (χ4v) is 4.64. The molecule has 0 saturated heterocycles. The Morgan fingerprint density at radius 2 is 2.07 bits per heavy atom. The molecule has 0 atom stereocenters. The van der Waals surface area contributed by atoms with Gasteiger partial charge in [0.2, 0.25) is 5.95 Å². The van der Waals surface area contributed by atoms with Crippen molar-refractivity contribution >= 4 is 37.5 Å². The van der Waals surface area contributed by atoms with Crippen LogP contribution >= 0.6 is 11.3 Å². The summed E-state index contributed by atoms with van der Waals surface area (Å²) in [5.74, 6) is -0.340. The minimum Gasteiger partial charge on any atom is -0.484 e. The second-order valence-corrected chi connectivity index (χ2v) is 7.71. The number of sulfonamides is 1. The number of fused-ring (bicyclic) bond motifs is 1.